The summed E-state index contributed by atoms with van der Waals surface area (Å²) in [5, 5.41) is 4.22. The number of rotatable bonds is 9. The van der Waals surface area contributed by atoms with Gasteiger partial charge in [0, 0.05) is 23.7 Å². The van der Waals surface area contributed by atoms with E-state index in [4.69, 9.17) is 15.2 Å². The molecule has 0 aliphatic carbocycles. The topological polar surface area (TPSA) is 89.4 Å². The van der Waals surface area contributed by atoms with Gasteiger partial charge < -0.3 is 25.5 Å². The van der Waals surface area contributed by atoms with Crippen LogP contribution >= 0.6 is 0 Å². The maximum atomic E-state index is 11.6. The first kappa shape index (κ1) is 18.8. The zero-order valence-electron chi connectivity index (χ0n) is 15.5. The van der Waals surface area contributed by atoms with E-state index >= 15 is 0 Å². The molecule has 0 fully saturated rings. The maximum absolute atomic E-state index is 11.6. The van der Waals surface area contributed by atoms with Crippen molar-refractivity contribution in [3.63, 3.8) is 0 Å². The fourth-order valence-corrected chi connectivity index (χ4v) is 2.95. The van der Waals surface area contributed by atoms with Gasteiger partial charge in [-0.05, 0) is 55.3 Å². The quantitative estimate of drug-likeness (QED) is 0.400. The van der Waals surface area contributed by atoms with E-state index in [0.29, 0.717) is 17.9 Å². The molecular weight excluding hydrogens is 342 g/mol. The molecule has 6 heteroatoms. The van der Waals surface area contributed by atoms with Gasteiger partial charge in [0.2, 0.25) is 5.56 Å². The van der Waals surface area contributed by atoms with E-state index in [2.05, 4.69) is 22.4 Å². The number of aryl methyl sites for hydroxylation is 1. The molecule has 0 saturated heterocycles. The highest BCUT2D eigenvalue weighted by Crippen LogP contribution is 2.30. The largest absolute Gasteiger partial charge is 0.495 e. The van der Waals surface area contributed by atoms with Gasteiger partial charge in [-0.2, -0.15) is 0 Å². The van der Waals surface area contributed by atoms with Crippen molar-refractivity contribution in [2.45, 2.75) is 12.8 Å². The highest BCUT2D eigenvalue weighted by molar-refractivity contribution is 5.89. The zero-order valence-corrected chi connectivity index (χ0v) is 15.5. The number of pyridine rings is 1. The van der Waals surface area contributed by atoms with Crippen LogP contribution in [-0.4, -0.2) is 31.8 Å². The molecule has 0 atom stereocenters. The van der Waals surface area contributed by atoms with Gasteiger partial charge >= 0.3 is 0 Å². The van der Waals surface area contributed by atoms with Gasteiger partial charge in [-0.25, -0.2) is 0 Å². The van der Waals surface area contributed by atoms with Gasteiger partial charge in [-0.1, -0.05) is 12.1 Å². The summed E-state index contributed by atoms with van der Waals surface area (Å²) >= 11 is 0. The molecule has 1 heterocycles. The first-order valence-electron chi connectivity index (χ1n) is 9.05. The third kappa shape index (κ3) is 5.01. The number of nitrogen functional groups attached to an aromatic ring is 1. The minimum atomic E-state index is -0.166. The predicted octanol–water partition coefficient (Wildman–Crippen LogP) is 2.72. The molecule has 6 nitrogen and oxygen atoms in total. The molecule has 0 saturated carbocycles. The van der Waals surface area contributed by atoms with Crippen molar-refractivity contribution in [2.24, 2.45) is 0 Å². The molecule has 0 amide bonds. The Bertz CT molecular complexity index is 936. The fourth-order valence-electron chi connectivity index (χ4n) is 2.95. The maximum Gasteiger partial charge on any atom is 0.248 e. The van der Waals surface area contributed by atoms with Crippen LogP contribution in [0.15, 0.2) is 53.3 Å². The predicted molar refractivity (Wildman–Crippen MR) is 109 cm³/mol. The molecule has 3 rings (SSSR count). The normalized spacial score (nSPS) is 10.9. The van der Waals surface area contributed by atoms with Gasteiger partial charge in [0.05, 0.1) is 12.6 Å². The number of fused-ring (bicyclic) bond motifs is 1. The minimum absolute atomic E-state index is 0.166. The second-order valence-electron chi connectivity index (χ2n) is 6.32. The summed E-state index contributed by atoms with van der Waals surface area (Å²) in [7, 11) is 1.58. The first-order chi connectivity index (χ1) is 13.2. The van der Waals surface area contributed by atoms with E-state index in [1.54, 1.807) is 19.2 Å². The van der Waals surface area contributed by atoms with E-state index < -0.39 is 0 Å². The van der Waals surface area contributed by atoms with E-state index in [9.17, 15) is 4.79 Å². The number of aromatic nitrogens is 1. The van der Waals surface area contributed by atoms with Crippen molar-refractivity contribution in [2.75, 3.05) is 32.5 Å². The van der Waals surface area contributed by atoms with Crippen molar-refractivity contribution >= 4 is 16.6 Å². The summed E-state index contributed by atoms with van der Waals surface area (Å²) in [4.78, 5) is 14.4. The molecule has 0 spiro atoms. The number of H-pyrrole nitrogens is 1. The van der Waals surface area contributed by atoms with Crippen LogP contribution in [0.3, 0.4) is 0 Å². The van der Waals surface area contributed by atoms with E-state index in [1.807, 2.05) is 18.2 Å². The van der Waals surface area contributed by atoms with Crippen LogP contribution in [0, 0.1) is 0 Å². The van der Waals surface area contributed by atoms with E-state index in [-0.39, 0.29) is 5.56 Å². The second kappa shape index (κ2) is 9.09. The van der Waals surface area contributed by atoms with Crippen molar-refractivity contribution in [3.05, 3.63) is 64.4 Å². The molecule has 142 valence electrons. The molecule has 27 heavy (non-hydrogen) atoms. The number of anilines is 1. The molecule has 0 aliphatic rings. The average Bonchev–Trinajstić information content (AvgIpc) is 2.68. The number of methoxy groups -OCH3 is 1. The number of hydrogen-bond donors (Lipinski definition) is 3. The van der Waals surface area contributed by atoms with Crippen molar-refractivity contribution in [1.29, 1.82) is 0 Å². The Balaban J connectivity index is 1.45. The van der Waals surface area contributed by atoms with Gasteiger partial charge in [-0.3, -0.25) is 4.79 Å². The van der Waals surface area contributed by atoms with Crippen LogP contribution in [0.4, 0.5) is 5.69 Å². The number of ether oxygens (including phenoxy) is 2. The van der Waals surface area contributed by atoms with Gasteiger partial charge in [0.25, 0.3) is 0 Å². The third-order valence-corrected chi connectivity index (χ3v) is 4.37. The van der Waals surface area contributed by atoms with Crippen LogP contribution in [0.1, 0.15) is 12.0 Å². The molecule has 0 radical (unpaired) electrons. The van der Waals surface area contributed by atoms with E-state index in [0.717, 1.165) is 42.8 Å². The summed E-state index contributed by atoms with van der Waals surface area (Å²) in [6.45, 7) is 2.21. The number of nitrogens with one attached hydrogen (secondary N) is 2. The van der Waals surface area contributed by atoms with Crippen molar-refractivity contribution < 1.29 is 9.47 Å². The summed E-state index contributed by atoms with van der Waals surface area (Å²) in [5.74, 6) is 1.35. The SMILES string of the molecule is COc1ccc(OCCNCCCc2ccc(N)cc2)c2ccc(=O)[nH]c12. The van der Waals surface area contributed by atoms with Gasteiger partial charge in [-0.15, -0.1) is 0 Å². The smallest absolute Gasteiger partial charge is 0.248 e. The second-order valence-corrected chi connectivity index (χ2v) is 6.32. The molecule has 0 aliphatic heterocycles. The molecule has 1 aromatic heterocycles. The molecule has 2 aromatic carbocycles. The first-order valence-corrected chi connectivity index (χ1v) is 9.05. The van der Waals surface area contributed by atoms with Crippen molar-refractivity contribution in [3.8, 4) is 11.5 Å². The number of benzene rings is 2. The number of hydrogen-bond acceptors (Lipinski definition) is 5. The average molecular weight is 367 g/mol. The molecule has 3 aromatic rings. The van der Waals surface area contributed by atoms with Crippen molar-refractivity contribution in [1.82, 2.24) is 10.3 Å². The van der Waals surface area contributed by atoms with E-state index in [1.165, 1.54) is 11.6 Å². The van der Waals surface area contributed by atoms with Gasteiger partial charge in [0.1, 0.15) is 18.1 Å². The van der Waals surface area contributed by atoms with Crippen LogP contribution in [0.2, 0.25) is 0 Å². The third-order valence-electron chi connectivity index (χ3n) is 4.37. The Morgan fingerprint density at radius 1 is 1.00 bits per heavy atom. The Labute approximate surface area is 158 Å². The highest BCUT2D eigenvalue weighted by atomic mass is 16.5. The lowest BCUT2D eigenvalue weighted by Gasteiger charge is -2.12. The summed E-state index contributed by atoms with van der Waals surface area (Å²) in [6, 6.07) is 14.9. The summed E-state index contributed by atoms with van der Waals surface area (Å²) in [5.41, 5.74) is 8.27. The lowest BCUT2D eigenvalue weighted by molar-refractivity contribution is 0.317. The number of aromatic amines is 1. The van der Waals surface area contributed by atoms with Gasteiger partial charge in [0.15, 0.2) is 0 Å². The number of nitrogens with two attached hydrogens (primary N) is 1. The Morgan fingerprint density at radius 2 is 1.78 bits per heavy atom. The molecule has 4 N–H and O–H groups in total. The highest BCUT2D eigenvalue weighted by Gasteiger charge is 2.08. The Hall–Kier alpha value is -2.99. The molecule has 0 unspecified atom stereocenters. The summed E-state index contributed by atoms with van der Waals surface area (Å²) < 4.78 is 11.2. The van der Waals surface area contributed by atoms with Crippen LogP contribution in [0.5, 0.6) is 11.5 Å². The molecule has 0 bridgehead atoms. The lowest BCUT2D eigenvalue weighted by Crippen LogP contribution is -2.22. The fraction of sp³-hybridized carbons (Fsp3) is 0.286. The minimum Gasteiger partial charge on any atom is -0.495 e. The zero-order chi connectivity index (χ0) is 19.1. The monoisotopic (exact) mass is 367 g/mol. The standard InChI is InChI=1S/C21H25N3O3/c1-26-19-10-9-18(17-8-11-20(25)24-21(17)19)27-14-13-23-12-2-3-15-4-6-16(22)7-5-15/h4-11,23H,2-3,12-14,22H2,1H3,(H,24,25). The molecular formula is C21H25N3O3. The Morgan fingerprint density at radius 3 is 2.56 bits per heavy atom. The van der Waals surface area contributed by atoms with Crippen LogP contribution in [0.25, 0.3) is 10.9 Å². The van der Waals surface area contributed by atoms with Crippen LogP contribution in [-0.2, 0) is 6.42 Å². The summed E-state index contributed by atoms with van der Waals surface area (Å²) in [6.07, 6.45) is 2.07. The Kier molecular flexibility index (Phi) is 6.33. The lowest BCUT2D eigenvalue weighted by atomic mass is 10.1. The van der Waals surface area contributed by atoms with Crippen LogP contribution < -0.4 is 26.1 Å².